The molecule has 1 saturated carbocycles. The highest BCUT2D eigenvalue weighted by molar-refractivity contribution is 9.10. The maximum Gasteiger partial charge on any atom is 0.274 e. The zero-order valence-electron chi connectivity index (χ0n) is 17.5. The van der Waals surface area contributed by atoms with E-state index in [2.05, 4.69) is 26.2 Å². The van der Waals surface area contributed by atoms with Crippen molar-refractivity contribution < 1.29 is 9.59 Å². The molecule has 3 atom stereocenters. The summed E-state index contributed by atoms with van der Waals surface area (Å²) in [5.41, 5.74) is 9.08. The Balaban J connectivity index is 1.36. The monoisotopic (exact) mass is 510 g/mol. The van der Waals surface area contributed by atoms with Crippen LogP contribution < -0.4 is 11.1 Å². The number of likely N-dealkylation sites (tertiary alicyclic amines) is 1. The number of hydrogen-bond acceptors (Lipinski definition) is 5. The lowest BCUT2D eigenvalue weighted by molar-refractivity contribution is 0.0691. The first kappa shape index (κ1) is 21.2. The molecule has 2 amide bonds. The zero-order chi connectivity index (χ0) is 22.4. The van der Waals surface area contributed by atoms with Gasteiger partial charge in [-0.3, -0.25) is 9.59 Å². The number of anilines is 1. The van der Waals surface area contributed by atoms with E-state index in [0.29, 0.717) is 41.3 Å². The van der Waals surface area contributed by atoms with Gasteiger partial charge in [0.2, 0.25) is 0 Å². The largest absolute Gasteiger partial charge is 0.375 e. The predicted octanol–water partition coefficient (Wildman–Crippen LogP) is 4.35. The molecule has 2 fully saturated rings. The number of carbonyl (C=O) groups excluding carboxylic acids is 2. The minimum atomic E-state index is -0.138. The number of thiazole rings is 1. The van der Waals surface area contributed by atoms with Crippen LogP contribution in [0, 0.1) is 18.8 Å². The molecule has 1 aliphatic carbocycles. The van der Waals surface area contributed by atoms with Crippen LogP contribution in [0.5, 0.6) is 0 Å². The fraction of sp³-hybridized carbons (Fsp3) is 0.292. The predicted molar refractivity (Wildman–Crippen MR) is 130 cm³/mol. The van der Waals surface area contributed by atoms with Gasteiger partial charge in [0.1, 0.15) is 5.69 Å². The Kier molecular flexibility index (Phi) is 5.51. The number of aryl methyl sites for hydroxylation is 1. The van der Waals surface area contributed by atoms with Crippen molar-refractivity contribution in [3.05, 3.63) is 69.8 Å². The van der Waals surface area contributed by atoms with Crippen LogP contribution in [0.3, 0.4) is 0 Å². The van der Waals surface area contributed by atoms with Gasteiger partial charge in [-0.05, 0) is 48.9 Å². The summed E-state index contributed by atoms with van der Waals surface area (Å²) in [5, 5.41) is 3.41. The van der Waals surface area contributed by atoms with Gasteiger partial charge in [0.05, 0.1) is 10.9 Å². The summed E-state index contributed by atoms with van der Waals surface area (Å²) in [6, 6.07) is 15.3. The van der Waals surface area contributed by atoms with Crippen LogP contribution in [0.2, 0.25) is 0 Å². The van der Waals surface area contributed by atoms with E-state index in [1.807, 2.05) is 48.2 Å². The second-order valence-corrected chi connectivity index (χ2v) is 10.5. The molecular weight excluding hydrogens is 488 g/mol. The maximum absolute atomic E-state index is 13.6. The molecule has 0 radical (unpaired) electrons. The van der Waals surface area contributed by atoms with E-state index >= 15 is 0 Å². The van der Waals surface area contributed by atoms with E-state index in [1.54, 1.807) is 12.1 Å². The van der Waals surface area contributed by atoms with Crippen molar-refractivity contribution in [3.63, 3.8) is 0 Å². The second-order valence-electron chi connectivity index (χ2n) is 8.50. The Morgan fingerprint density at radius 1 is 1.25 bits per heavy atom. The number of aromatic nitrogens is 1. The number of halogens is 1. The molecule has 3 N–H and O–H groups in total. The lowest BCUT2D eigenvalue weighted by Crippen LogP contribution is -2.45. The van der Waals surface area contributed by atoms with Crippen LogP contribution in [0.25, 0.3) is 10.4 Å². The fourth-order valence-corrected chi connectivity index (χ4v) is 5.81. The van der Waals surface area contributed by atoms with Crippen LogP contribution in [-0.4, -0.2) is 40.8 Å². The van der Waals surface area contributed by atoms with E-state index in [-0.39, 0.29) is 17.9 Å². The lowest BCUT2D eigenvalue weighted by atomic mass is 10.1. The number of rotatable bonds is 5. The third-order valence-corrected chi connectivity index (χ3v) is 7.68. The van der Waals surface area contributed by atoms with Crippen LogP contribution in [0.1, 0.15) is 32.8 Å². The first-order valence-corrected chi connectivity index (χ1v) is 12.2. The number of fused-ring (bicyclic) bond motifs is 1. The van der Waals surface area contributed by atoms with Crippen molar-refractivity contribution in [3.8, 4) is 10.4 Å². The first-order valence-electron chi connectivity index (χ1n) is 10.6. The minimum Gasteiger partial charge on any atom is -0.375 e. The molecule has 2 heterocycles. The lowest BCUT2D eigenvalue weighted by Gasteiger charge is -2.27. The smallest absolute Gasteiger partial charge is 0.274 e. The van der Waals surface area contributed by atoms with E-state index in [9.17, 15) is 9.59 Å². The van der Waals surface area contributed by atoms with E-state index in [1.165, 1.54) is 11.3 Å². The number of carbonyl (C=O) groups is 2. The normalized spacial score (nSPS) is 21.3. The molecule has 32 heavy (non-hydrogen) atoms. The molecule has 0 unspecified atom stereocenters. The molecule has 0 bridgehead atoms. The maximum atomic E-state index is 13.6. The molecule has 2 aliphatic rings. The summed E-state index contributed by atoms with van der Waals surface area (Å²) >= 11 is 4.74. The average molecular weight is 511 g/mol. The highest BCUT2D eigenvalue weighted by Gasteiger charge is 2.54. The van der Waals surface area contributed by atoms with Crippen molar-refractivity contribution in [2.75, 3.05) is 18.8 Å². The number of nitrogens with one attached hydrogen (secondary N) is 1. The molecule has 3 aromatic rings. The second kappa shape index (κ2) is 8.33. The molecule has 5 rings (SSSR count). The third kappa shape index (κ3) is 4.04. The summed E-state index contributed by atoms with van der Waals surface area (Å²) in [7, 11) is 0. The van der Waals surface area contributed by atoms with Crippen molar-refractivity contribution >= 4 is 44.2 Å². The van der Waals surface area contributed by atoms with E-state index in [4.69, 9.17) is 5.73 Å². The van der Waals surface area contributed by atoms with Gasteiger partial charge in [0.15, 0.2) is 5.13 Å². The van der Waals surface area contributed by atoms with Gasteiger partial charge in [-0.2, -0.15) is 0 Å². The Bertz CT molecular complexity index is 1210. The van der Waals surface area contributed by atoms with Crippen molar-refractivity contribution in [2.24, 2.45) is 11.8 Å². The summed E-state index contributed by atoms with van der Waals surface area (Å²) < 4.78 is 0.856. The van der Waals surface area contributed by atoms with Gasteiger partial charge in [0, 0.05) is 23.1 Å². The number of nitrogens with zero attached hydrogens (tertiary/aromatic N) is 2. The van der Waals surface area contributed by atoms with Crippen molar-refractivity contribution in [1.82, 2.24) is 15.2 Å². The Morgan fingerprint density at radius 3 is 2.84 bits per heavy atom. The summed E-state index contributed by atoms with van der Waals surface area (Å²) in [4.78, 5) is 33.3. The number of nitrogen functional groups attached to an aromatic ring is 1. The molecule has 1 saturated heterocycles. The van der Waals surface area contributed by atoms with E-state index < -0.39 is 0 Å². The average Bonchev–Trinajstić information content (AvgIpc) is 3.28. The van der Waals surface area contributed by atoms with Gasteiger partial charge in [0.25, 0.3) is 11.8 Å². The third-order valence-electron chi connectivity index (χ3n) is 6.25. The Morgan fingerprint density at radius 2 is 2.06 bits per heavy atom. The van der Waals surface area contributed by atoms with Crippen LogP contribution >= 0.6 is 27.3 Å². The Hall–Kier alpha value is -2.71. The van der Waals surface area contributed by atoms with E-state index in [0.717, 1.165) is 26.9 Å². The number of hydrogen-bond donors (Lipinski definition) is 2. The summed E-state index contributed by atoms with van der Waals surface area (Å²) in [5.74, 6) is 0.690. The molecular formula is C24H23BrN4O2S. The molecule has 164 valence electrons. The fourth-order valence-electron chi connectivity index (χ4n) is 4.60. The van der Waals surface area contributed by atoms with Crippen LogP contribution in [0.4, 0.5) is 5.13 Å². The highest BCUT2D eigenvalue weighted by Crippen LogP contribution is 2.50. The Labute approximate surface area is 199 Å². The summed E-state index contributed by atoms with van der Waals surface area (Å²) in [6.45, 7) is 3.15. The first-order chi connectivity index (χ1) is 15.4. The number of piperidine rings is 1. The number of nitrogens with two attached hydrogens (primary N) is 1. The number of amides is 2. The summed E-state index contributed by atoms with van der Waals surface area (Å²) in [6.07, 6.45) is 1.10. The van der Waals surface area contributed by atoms with Gasteiger partial charge >= 0.3 is 0 Å². The van der Waals surface area contributed by atoms with Gasteiger partial charge in [-0.1, -0.05) is 63.2 Å². The van der Waals surface area contributed by atoms with Crippen LogP contribution in [0.15, 0.2) is 53.0 Å². The molecule has 0 spiro atoms. The molecule has 1 aliphatic heterocycles. The zero-order valence-corrected chi connectivity index (χ0v) is 19.9. The van der Waals surface area contributed by atoms with Crippen molar-refractivity contribution in [1.29, 1.82) is 0 Å². The minimum absolute atomic E-state index is 0.0307. The van der Waals surface area contributed by atoms with Crippen molar-refractivity contribution in [2.45, 2.75) is 19.4 Å². The van der Waals surface area contributed by atoms with Gasteiger partial charge < -0.3 is 16.0 Å². The molecule has 8 heteroatoms. The van der Waals surface area contributed by atoms with Gasteiger partial charge in [-0.15, -0.1) is 0 Å². The standard InChI is InChI=1S/C24H23BrN4O2S/c1-13-4-2-5-14(8-13)21-20(28-24(26)32-21)23(31)29-12-16-10-18(16)19(29)11-27-22(30)15-6-3-7-17(25)9-15/h2-9,16,18-19H,10-12H2,1H3,(H2,26,28)(H,27,30)/t16-,18-,19-/m1/s1. The number of benzene rings is 2. The molecule has 1 aromatic heterocycles. The van der Waals surface area contributed by atoms with Crippen LogP contribution in [-0.2, 0) is 0 Å². The van der Waals surface area contributed by atoms with Gasteiger partial charge in [-0.25, -0.2) is 4.98 Å². The molecule has 6 nitrogen and oxygen atoms in total. The SMILES string of the molecule is Cc1cccc(-c2sc(N)nc2C(=O)N2C[C@H]3C[C@H]3[C@H]2CNC(=O)c2cccc(Br)c2)c1. The highest BCUT2D eigenvalue weighted by atomic mass is 79.9. The quantitative estimate of drug-likeness (QED) is 0.533. The topological polar surface area (TPSA) is 88.3 Å². The molecule has 2 aromatic carbocycles.